The molecule has 0 spiro atoms. The van der Waals surface area contributed by atoms with Crippen LogP contribution in [0.15, 0.2) is 35.4 Å². The van der Waals surface area contributed by atoms with Crippen molar-refractivity contribution < 1.29 is 22.9 Å². The fourth-order valence-corrected chi connectivity index (χ4v) is 2.42. The molecule has 2 rings (SSSR count). The van der Waals surface area contributed by atoms with Gasteiger partial charge in [-0.05, 0) is 12.1 Å². The number of aliphatic carboxylic acids is 1. The summed E-state index contributed by atoms with van der Waals surface area (Å²) in [6.45, 7) is -0.218. The summed E-state index contributed by atoms with van der Waals surface area (Å²) in [7, 11) is -4.49. The van der Waals surface area contributed by atoms with Gasteiger partial charge in [0.25, 0.3) is 10.1 Å². The zero-order chi connectivity index (χ0) is 13.3. The van der Waals surface area contributed by atoms with E-state index in [1.54, 1.807) is 30.3 Å². The van der Waals surface area contributed by atoms with Crippen LogP contribution in [0.4, 0.5) is 5.69 Å². The first-order valence-electron chi connectivity index (χ1n) is 5.00. The van der Waals surface area contributed by atoms with Crippen molar-refractivity contribution >= 4 is 27.5 Å². The Balaban J connectivity index is 2.38. The Hall–Kier alpha value is -1.93. The predicted octanol–water partition coefficient (Wildman–Crippen LogP) is 0.204. The average Bonchev–Trinajstić information content (AvgIpc) is 2.74. The molecule has 7 nitrogen and oxygen atoms in total. The lowest BCUT2D eigenvalue weighted by Crippen LogP contribution is -2.36. The first-order chi connectivity index (χ1) is 8.39. The number of hydrogen-bond acceptors (Lipinski definition) is 5. The van der Waals surface area contributed by atoms with Gasteiger partial charge in [-0.3, -0.25) is 9.56 Å². The van der Waals surface area contributed by atoms with E-state index >= 15 is 0 Å². The zero-order valence-corrected chi connectivity index (χ0v) is 9.91. The molecule has 8 heteroatoms. The first-order valence-corrected chi connectivity index (χ1v) is 6.50. The molecule has 0 amide bonds. The molecule has 0 saturated heterocycles. The number of carboxylic acid groups (broad SMARTS) is 1. The lowest BCUT2D eigenvalue weighted by atomic mass is 10.2. The van der Waals surface area contributed by atoms with E-state index in [1.807, 2.05) is 0 Å². The number of carboxylic acids is 1. The highest BCUT2D eigenvalue weighted by molar-refractivity contribution is 7.87. The van der Waals surface area contributed by atoms with Gasteiger partial charge in [0.15, 0.2) is 11.0 Å². The number of benzene rings is 1. The van der Waals surface area contributed by atoms with E-state index < -0.39 is 27.0 Å². The molecule has 1 aliphatic rings. The zero-order valence-electron chi connectivity index (χ0n) is 9.09. The minimum absolute atomic E-state index is 0.218. The number of carbonyl (C=O) groups is 1. The molecule has 0 aromatic heterocycles. The number of hydrogen-bond donors (Lipinski definition) is 2. The predicted molar refractivity (Wildman–Crippen MR) is 64.2 cm³/mol. The van der Waals surface area contributed by atoms with Crippen molar-refractivity contribution in [3.8, 4) is 0 Å². The second kappa shape index (κ2) is 4.39. The van der Waals surface area contributed by atoms with Gasteiger partial charge in [0.05, 0.1) is 12.2 Å². The maximum absolute atomic E-state index is 11.1. The fraction of sp³-hybridized carbons (Fsp3) is 0.200. The molecule has 1 aliphatic heterocycles. The maximum Gasteiger partial charge on any atom is 0.353 e. The van der Waals surface area contributed by atoms with Gasteiger partial charge >= 0.3 is 5.97 Å². The first kappa shape index (κ1) is 12.5. The van der Waals surface area contributed by atoms with Gasteiger partial charge < -0.3 is 5.11 Å². The molecular weight excluding hydrogens is 260 g/mol. The van der Waals surface area contributed by atoms with Crippen LogP contribution in [0.25, 0.3) is 0 Å². The third-order valence-electron chi connectivity index (χ3n) is 2.51. The van der Waals surface area contributed by atoms with Crippen LogP contribution in [-0.2, 0) is 14.9 Å². The van der Waals surface area contributed by atoms with Gasteiger partial charge in [-0.15, -0.1) is 0 Å². The SMILES string of the molecule is O=C(O)C1=NN(c2ccccc2)CC1S(=O)(=O)O. The van der Waals surface area contributed by atoms with E-state index in [-0.39, 0.29) is 6.54 Å². The molecule has 0 saturated carbocycles. The number of anilines is 1. The van der Waals surface area contributed by atoms with Crippen LogP contribution >= 0.6 is 0 Å². The van der Waals surface area contributed by atoms with Crippen LogP contribution in [0.5, 0.6) is 0 Å². The molecule has 0 fully saturated rings. The highest BCUT2D eigenvalue weighted by Gasteiger charge is 2.40. The molecule has 1 heterocycles. The topological polar surface area (TPSA) is 107 Å². The molecular formula is C10H10N2O5S. The van der Waals surface area contributed by atoms with Crippen LogP contribution in [0.1, 0.15) is 0 Å². The highest BCUT2D eigenvalue weighted by Crippen LogP contribution is 2.22. The molecule has 1 aromatic rings. The van der Waals surface area contributed by atoms with Gasteiger partial charge in [0.2, 0.25) is 0 Å². The molecule has 1 aromatic carbocycles. The Morgan fingerprint density at radius 2 is 1.94 bits per heavy atom. The smallest absolute Gasteiger partial charge is 0.353 e. The Labute approximate surface area is 103 Å². The quantitative estimate of drug-likeness (QED) is 0.760. The van der Waals surface area contributed by atoms with E-state index in [2.05, 4.69) is 5.10 Å². The molecule has 1 atom stereocenters. The fourth-order valence-electron chi connectivity index (χ4n) is 1.66. The van der Waals surface area contributed by atoms with Crippen molar-refractivity contribution in [2.75, 3.05) is 11.6 Å². The summed E-state index contributed by atoms with van der Waals surface area (Å²) in [5, 5.41) is 12.3. The van der Waals surface area contributed by atoms with E-state index in [9.17, 15) is 13.2 Å². The highest BCUT2D eigenvalue weighted by atomic mass is 32.2. The normalized spacial score (nSPS) is 19.7. The van der Waals surface area contributed by atoms with E-state index in [0.717, 1.165) is 0 Å². The van der Waals surface area contributed by atoms with E-state index in [0.29, 0.717) is 5.69 Å². The van der Waals surface area contributed by atoms with Crippen LogP contribution < -0.4 is 5.01 Å². The Kier molecular flexibility index (Phi) is 3.05. The molecule has 0 aliphatic carbocycles. The van der Waals surface area contributed by atoms with Crippen molar-refractivity contribution in [3.05, 3.63) is 30.3 Å². The summed E-state index contributed by atoms with van der Waals surface area (Å²) >= 11 is 0. The molecule has 18 heavy (non-hydrogen) atoms. The number of para-hydroxylation sites is 1. The molecule has 96 valence electrons. The van der Waals surface area contributed by atoms with Crippen LogP contribution in [0.2, 0.25) is 0 Å². The summed E-state index contributed by atoms with van der Waals surface area (Å²) in [5.74, 6) is -1.46. The van der Waals surface area contributed by atoms with Crippen molar-refractivity contribution in [2.45, 2.75) is 5.25 Å². The Morgan fingerprint density at radius 3 is 2.39 bits per heavy atom. The van der Waals surface area contributed by atoms with Crippen LogP contribution in [0, 0.1) is 0 Å². The lowest BCUT2D eigenvalue weighted by molar-refractivity contribution is -0.129. The molecule has 2 N–H and O–H groups in total. The summed E-state index contributed by atoms with van der Waals surface area (Å²) in [6, 6.07) is 8.52. The van der Waals surface area contributed by atoms with Crippen molar-refractivity contribution in [3.63, 3.8) is 0 Å². The van der Waals surface area contributed by atoms with Crippen LogP contribution in [-0.4, -0.2) is 41.6 Å². The third-order valence-corrected chi connectivity index (χ3v) is 3.60. The van der Waals surface area contributed by atoms with Crippen molar-refractivity contribution in [1.82, 2.24) is 0 Å². The lowest BCUT2D eigenvalue weighted by Gasteiger charge is -2.14. The second-order valence-electron chi connectivity index (χ2n) is 3.71. The number of nitrogens with zero attached hydrogens (tertiary/aromatic N) is 2. The standard InChI is InChI=1S/C10H10N2O5S/c13-10(14)9-8(18(15,16)17)6-12(11-9)7-4-2-1-3-5-7/h1-5,8H,6H2,(H,13,14)(H,15,16,17). The van der Waals surface area contributed by atoms with Crippen molar-refractivity contribution in [1.29, 1.82) is 0 Å². The molecule has 0 radical (unpaired) electrons. The maximum atomic E-state index is 11.1. The van der Waals surface area contributed by atoms with Gasteiger partial charge in [-0.2, -0.15) is 13.5 Å². The summed E-state index contributed by atoms with van der Waals surface area (Å²) in [4.78, 5) is 10.9. The second-order valence-corrected chi connectivity index (χ2v) is 5.31. The third kappa shape index (κ3) is 2.34. The molecule has 0 bridgehead atoms. The number of hydrazone groups is 1. The largest absolute Gasteiger partial charge is 0.477 e. The van der Waals surface area contributed by atoms with Gasteiger partial charge in [-0.25, -0.2) is 4.79 Å². The monoisotopic (exact) mass is 270 g/mol. The van der Waals surface area contributed by atoms with Gasteiger partial charge in [-0.1, -0.05) is 18.2 Å². The van der Waals surface area contributed by atoms with E-state index in [1.165, 1.54) is 5.01 Å². The minimum Gasteiger partial charge on any atom is -0.477 e. The Morgan fingerprint density at radius 1 is 1.33 bits per heavy atom. The van der Waals surface area contributed by atoms with E-state index in [4.69, 9.17) is 9.66 Å². The summed E-state index contributed by atoms with van der Waals surface area (Å²) in [5.41, 5.74) is -0.0243. The van der Waals surface area contributed by atoms with Gasteiger partial charge in [0.1, 0.15) is 0 Å². The summed E-state index contributed by atoms with van der Waals surface area (Å²) in [6.07, 6.45) is 0. The Bertz CT molecular complexity index is 596. The van der Waals surface area contributed by atoms with Gasteiger partial charge in [0, 0.05) is 0 Å². The number of rotatable bonds is 3. The van der Waals surface area contributed by atoms with Crippen molar-refractivity contribution in [2.24, 2.45) is 5.10 Å². The van der Waals surface area contributed by atoms with Crippen LogP contribution in [0.3, 0.4) is 0 Å². The minimum atomic E-state index is -4.49. The molecule has 1 unspecified atom stereocenters. The average molecular weight is 270 g/mol. The summed E-state index contributed by atoms with van der Waals surface area (Å²) < 4.78 is 31.2.